The lowest BCUT2D eigenvalue weighted by Gasteiger charge is -2.30. The zero-order valence-corrected chi connectivity index (χ0v) is 19.6. The van der Waals surface area contributed by atoms with E-state index < -0.39 is 11.7 Å². The van der Waals surface area contributed by atoms with Gasteiger partial charge in [-0.2, -0.15) is 13.2 Å². The molecule has 4 rings (SSSR count). The Morgan fingerprint density at radius 2 is 1.97 bits per heavy atom. The number of ether oxygens (including phenoxy) is 2. The van der Waals surface area contributed by atoms with Crippen LogP contribution in [0.2, 0.25) is 0 Å². The summed E-state index contributed by atoms with van der Waals surface area (Å²) in [6.45, 7) is 5.37. The normalized spacial score (nSPS) is 19.4. The Kier molecular flexibility index (Phi) is 8.77. The molecular formula is C24H31F3N4O4. The quantitative estimate of drug-likeness (QED) is 0.542. The fourth-order valence-electron chi connectivity index (χ4n) is 4.28. The average molecular weight is 497 g/mol. The molecule has 2 fully saturated rings. The van der Waals surface area contributed by atoms with Crippen LogP contribution in [0.4, 0.5) is 13.2 Å². The minimum Gasteiger partial charge on any atom is -0.447 e. The lowest BCUT2D eigenvalue weighted by molar-refractivity contribution is -0.138. The summed E-state index contributed by atoms with van der Waals surface area (Å²) < 4.78 is 57.1. The Bertz CT molecular complexity index is 956. The summed E-state index contributed by atoms with van der Waals surface area (Å²) in [6.07, 6.45) is -1.27. The highest BCUT2D eigenvalue weighted by molar-refractivity contribution is 5.91. The van der Waals surface area contributed by atoms with Crippen LogP contribution in [-0.4, -0.2) is 79.3 Å². The SMILES string of the molecule is O=C(NCC1CCCO1)c1coc(CN(CCN2CCOCC2)Cc2ccccc2C(F)(F)F)n1. The zero-order chi connectivity index (χ0) is 24.7. The van der Waals surface area contributed by atoms with Crippen molar-refractivity contribution in [3.8, 4) is 0 Å². The predicted molar refractivity (Wildman–Crippen MR) is 121 cm³/mol. The number of carbonyl (C=O) groups is 1. The van der Waals surface area contributed by atoms with E-state index in [1.54, 1.807) is 6.07 Å². The summed E-state index contributed by atoms with van der Waals surface area (Å²) in [7, 11) is 0. The number of rotatable bonds is 10. The maximum absolute atomic E-state index is 13.6. The lowest BCUT2D eigenvalue weighted by Crippen LogP contribution is -2.41. The van der Waals surface area contributed by atoms with Crippen molar-refractivity contribution < 1.29 is 31.9 Å². The molecule has 2 saturated heterocycles. The van der Waals surface area contributed by atoms with Gasteiger partial charge in [0, 0.05) is 45.9 Å². The zero-order valence-electron chi connectivity index (χ0n) is 19.6. The summed E-state index contributed by atoms with van der Waals surface area (Å²) in [6, 6.07) is 5.58. The highest BCUT2D eigenvalue weighted by atomic mass is 19.4. The molecule has 35 heavy (non-hydrogen) atoms. The maximum Gasteiger partial charge on any atom is 0.416 e. The fraction of sp³-hybridized carbons (Fsp3) is 0.583. The molecule has 2 aliphatic rings. The van der Waals surface area contributed by atoms with Crippen LogP contribution in [0.3, 0.4) is 0 Å². The van der Waals surface area contributed by atoms with Crippen LogP contribution in [0.15, 0.2) is 34.9 Å². The molecule has 11 heteroatoms. The van der Waals surface area contributed by atoms with Crippen LogP contribution in [0.1, 0.15) is 40.3 Å². The van der Waals surface area contributed by atoms with E-state index >= 15 is 0 Å². The highest BCUT2D eigenvalue weighted by Crippen LogP contribution is 2.32. The van der Waals surface area contributed by atoms with E-state index in [0.717, 1.165) is 32.0 Å². The number of amides is 1. The summed E-state index contributed by atoms with van der Waals surface area (Å²) in [5.41, 5.74) is -0.331. The molecule has 1 aromatic carbocycles. The number of benzene rings is 1. The van der Waals surface area contributed by atoms with Crippen molar-refractivity contribution >= 4 is 5.91 Å². The van der Waals surface area contributed by atoms with E-state index in [1.165, 1.54) is 18.4 Å². The fourth-order valence-corrected chi connectivity index (χ4v) is 4.28. The number of carbonyl (C=O) groups excluding carboxylic acids is 1. The molecule has 1 atom stereocenters. The molecular weight excluding hydrogens is 465 g/mol. The number of hydrogen-bond donors (Lipinski definition) is 1. The smallest absolute Gasteiger partial charge is 0.416 e. The van der Waals surface area contributed by atoms with Crippen molar-refractivity contribution in [1.82, 2.24) is 20.1 Å². The van der Waals surface area contributed by atoms with Gasteiger partial charge in [-0.3, -0.25) is 14.6 Å². The number of nitrogens with zero attached hydrogens (tertiary/aromatic N) is 3. The standard InChI is InChI=1S/C24H31F3N4O4/c25-24(26,27)20-6-2-1-4-18(20)15-31(8-7-30-9-12-33-13-10-30)16-22-29-21(17-35-22)23(32)28-14-19-5-3-11-34-19/h1-2,4,6,17,19H,3,5,7-16H2,(H,28,32). The van der Waals surface area contributed by atoms with Gasteiger partial charge >= 0.3 is 6.18 Å². The third-order valence-corrected chi connectivity index (χ3v) is 6.21. The van der Waals surface area contributed by atoms with Gasteiger partial charge in [0.15, 0.2) is 5.69 Å². The number of alkyl halides is 3. The molecule has 1 unspecified atom stereocenters. The molecule has 0 bridgehead atoms. The van der Waals surface area contributed by atoms with Crippen LogP contribution < -0.4 is 5.32 Å². The Labute approximate surface area is 202 Å². The molecule has 0 radical (unpaired) electrons. The Morgan fingerprint density at radius 3 is 2.71 bits per heavy atom. The van der Waals surface area contributed by atoms with E-state index in [9.17, 15) is 18.0 Å². The van der Waals surface area contributed by atoms with Crippen molar-refractivity contribution in [2.45, 2.75) is 38.2 Å². The molecule has 192 valence electrons. The Hall–Kier alpha value is -2.47. The second-order valence-corrected chi connectivity index (χ2v) is 8.79. The molecule has 3 heterocycles. The van der Waals surface area contributed by atoms with Gasteiger partial charge in [0.2, 0.25) is 5.89 Å². The van der Waals surface area contributed by atoms with Crippen LogP contribution in [0.25, 0.3) is 0 Å². The van der Waals surface area contributed by atoms with E-state index in [1.807, 2.05) is 4.90 Å². The molecule has 0 spiro atoms. The minimum atomic E-state index is -4.44. The van der Waals surface area contributed by atoms with Crippen molar-refractivity contribution in [3.05, 3.63) is 53.2 Å². The van der Waals surface area contributed by atoms with Gasteiger partial charge < -0.3 is 19.2 Å². The second-order valence-electron chi connectivity index (χ2n) is 8.79. The molecule has 1 N–H and O–H groups in total. The van der Waals surface area contributed by atoms with Gasteiger partial charge in [0.25, 0.3) is 5.91 Å². The molecule has 0 aliphatic carbocycles. The van der Waals surface area contributed by atoms with Crippen LogP contribution >= 0.6 is 0 Å². The first-order chi connectivity index (χ1) is 16.9. The van der Waals surface area contributed by atoms with E-state index in [4.69, 9.17) is 13.9 Å². The second kappa shape index (κ2) is 12.0. The molecule has 1 aromatic heterocycles. The predicted octanol–water partition coefficient (Wildman–Crippen LogP) is 2.94. The van der Waals surface area contributed by atoms with Gasteiger partial charge in [-0.05, 0) is 24.5 Å². The van der Waals surface area contributed by atoms with Gasteiger partial charge in [-0.15, -0.1) is 0 Å². The molecule has 2 aliphatic heterocycles. The average Bonchev–Trinajstić information content (AvgIpc) is 3.54. The van der Waals surface area contributed by atoms with Crippen molar-refractivity contribution in [3.63, 3.8) is 0 Å². The van der Waals surface area contributed by atoms with E-state index in [-0.39, 0.29) is 42.2 Å². The molecule has 0 saturated carbocycles. The summed E-state index contributed by atoms with van der Waals surface area (Å²) in [5.74, 6) is -0.0866. The number of aromatic nitrogens is 1. The van der Waals surface area contributed by atoms with Gasteiger partial charge in [-0.25, -0.2) is 4.98 Å². The number of morpholine rings is 1. The van der Waals surface area contributed by atoms with Crippen LogP contribution in [-0.2, 0) is 28.7 Å². The monoisotopic (exact) mass is 496 g/mol. The third-order valence-electron chi connectivity index (χ3n) is 6.21. The topological polar surface area (TPSA) is 80.1 Å². The van der Waals surface area contributed by atoms with E-state index in [0.29, 0.717) is 39.5 Å². The van der Waals surface area contributed by atoms with Gasteiger partial charge in [0.1, 0.15) is 6.26 Å². The number of oxazole rings is 1. The first-order valence-electron chi connectivity index (χ1n) is 11.9. The van der Waals surface area contributed by atoms with E-state index in [2.05, 4.69) is 15.2 Å². The van der Waals surface area contributed by atoms with Crippen LogP contribution in [0, 0.1) is 0 Å². The first kappa shape index (κ1) is 25.6. The number of nitrogens with one attached hydrogen (secondary N) is 1. The minimum absolute atomic E-state index is 0.00898. The largest absolute Gasteiger partial charge is 0.447 e. The van der Waals surface area contributed by atoms with Crippen molar-refractivity contribution in [2.24, 2.45) is 0 Å². The number of hydrogen-bond acceptors (Lipinski definition) is 7. The summed E-state index contributed by atoms with van der Waals surface area (Å²) in [5, 5.41) is 2.80. The lowest BCUT2D eigenvalue weighted by atomic mass is 10.1. The van der Waals surface area contributed by atoms with Gasteiger partial charge in [-0.1, -0.05) is 18.2 Å². The summed E-state index contributed by atoms with van der Waals surface area (Å²) in [4.78, 5) is 20.8. The third kappa shape index (κ3) is 7.50. The number of halogens is 3. The maximum atomic E-state index is 13.6. The summed E-state index contributed by atoms with van der Waals surface area (Å²) >= 11 is 0. The Morgan fingerprint density at radius 1 is 1.17 bits per heavy atom. The molecule has 1 amide bonds. The Balaban J connectivity index is 1.42. The highest BCUT2D eigenvalue weighted by Gasteiger charge is 2.33. The van der Waals surface area contributed by atoms with Gasteiger partial charge in [0.05, 0.1) is 31.4 Å². The van der Waals surface area contributed by atoms with Crippen molar-refractivity contribution in [2.75, 3.05) is 52.5 Å². The first-order valence-corrected chi connectivity index (χ1v) is 11.9. The molecule has 8 nitrogen and oxygen atoms in total. The van der Waals surface area contributed by atoms with Crippen molar-refractivity contribution in [1.29, 1.82) is 0 Å². The van der Waals surface area contributed by atoms with Crippen LogP contribution in [0.5, 0.6) is 0 Å². The molecule has 2 aromatic rings.